The van der Waals surface area contributed by atoms with Crippen molar-refractivity contribution in [3.05, 3.63) is 20.0 Å². The molecular weight excluding hydrogens is 489 g/mol. The van der Waals surface area contributed by atoms with Gasteiger partial charge in [0.05, 0.1) is 0 Å². The minimum Gasteiger partial charge on any atom is -0.147 e. The van der Waals surface area contributed by atoms with Crippen molar-refractivity contribution in [2.45, 2.75) is 88.8 Å². The Hall–Kier alpha value is 1.30. The van der Waals surface area contributed by atoms with Gasteiger partial charge in [0.1, 0.15) is 0 Å². The van der Waals surface area contributed by atoms with Crippen molar-refractivity contribution < 1.29 is 22.1 Å². The minimum atomic E-state index is -3.28. The van der Waals surface area contributed by atoms with Gasteiger partial charge in [-0.2, -0.15) is 0 Å². The first-order valence-electron chi connectivity index (χ1n) is 9.85. The third kappa shape index (κ3) is 8.15. The molecule has 1 rings (SSSR count). The van der Waals surface area contributed by atoms with E-state index < -0.39 is 26.0 Å². The van der Waals surface area contributed by atoms with E-state index in [1.165, 1.54) is 16.1 Å². The Morgan fingerprint density at radius 2 is 1.56 bits per heavy atom. The molecule has 0 aromatic heterocycles. The van der Waals surface area contributed by atoms with E-state index in [-0.39, 0.29) is 30.4 Å². The number of allylic oxidation sites excluding steroid dienone is 4. The van der Waals surface area contributed by atoms with Crippen LogP contribution in [0.15, 0.2) is 20.0 Å². The fourth-order valence-electron chi connectivity index (χ4n) is 4.83. The standard InChI is InChI=1S/C9H13.C6H15OSi.C4H10N.CH3.2ClH.H2Si.Zr/c1-6-5-7(2)9(4)8(6)3;1-5-6-7-8(2,3)4;1-4(2,3)5;;;;;/h6H,1-4H3;1,5-6H2,2-4H3;5H,1-3H3;1H3;2*1H;1H2;/q;;-1;;;;;+1. The summed E-state index contributed by atoms with van der Waals surface area (Å²) in [7, 11) is -1.42. The van der Waals surface area contributed by atoms with Gasteiger partial charge in [-0.3, -0.25) is 0 Å². The van der Waals surface area contributed by atoms with Gasteiger partial charge in [0.2, 0.25) is 0 Å². The summed E-state index contributed by atoms with van der Waals surface area (Å²) in [5.41, 5.74) is 4.84. The second kappa shape index (κ2) is 10.1. The molecule has 0 radical (unpaired) electrons. The van der Waals surface area contributed by atoms with E-state index in [9.17, 15) is 0 Å². The molecule has 0 fully saturated rings. The van der Waals surface area contributed by atoms with E-state index in [4.69, 9.17) is 4.43 Å². The molecule has 0 heterocycles. The predicted octanol–water partition coefficient (Wildman–Crippen LogP) is 6.34. The van der Waals surface area contributed by atoms with E-state index >= 15 is 0 Å². The first kappa shape index (κ1) is 30.5. The van der Waals surface area contributed by atoms with Gasteiger partial charge in [0, 0.05) is 0 Å². The molecule has 2 nitrogen and oxygen atoms in total. The quantitative estimate of drug-likeness (QED) is 0.305. The predicted molar refractivity (Wildman–Crippen MR) is 131 cm³/mol. The maximum Gasteiger partial charge on any atom is -0.147 e. The molecule has 0 aromatic carbocycles. The molecule has 0 saturated heterocycles. The SMILES string of the molecule is CC1=C(C)C(C)[C]([Zr]([CH3])(=[SiH2])([CH2]CCO[Si](C)(C)C)[NH]C(C)(C)C)=C1C.Cl.Cl. The normalized spacial score (nSPS) is 19.2. The van der Waals surface area contributed by atoms with E-state index in [0.29, 0.717) is 5.92 Å². The number of halogens is 2. The van der Waals surface area contributed by atoms with Crippen LogP contribution >= 0.6 is 24.8 Å². The van der Waals surface area contributed by atoms with Crippen LogP contribution in [0.1, 0.15) is 54.9 Å². The molecule has 1 aliphatic carbocycles. The summed E-state index contributed by atoms with van der Waals surface area (Å²) < 4.78 is 16.2. The van der Waals surface area contributed by atoms with Gasteiger partial charge in [-0.25, -0.2) is 0 Å². The van der Waals surface area contributed by atoms with Gasteiger partial charge >= 0.3 is 162 Å². The van der Waals surface area contributed by atoms with Crippen LogP contribution in [0, 0.1) is 5.92 Å². The zero-order chi connectivity index (χ0) is 19.9. The minimum absolute atomic E-state index is 0. The monoisotopic (exact) mass is 531 g/mol. The summed E-state index contributed by atoms with van der Waals surface area (Å²) in [6.45, 7) is 26.6. The van der Waals surface area contributed by atoms with E-state index in [0.717, 1.165) is 6.61 Å². The van der Waals surface area contributed by atoms with E-state index in [1.54, 1.807) is 14.4 Å². The maximum atomic E-state index is 6.18. The zero-order valence-electron chi connectivity index (χ0n) is 19.6. The number of hydrogen-bond acceptors (Lipinski definition) is 2. The molecule has 1 N–H and O–H groups in total. The Labute approximate surface area is 185 Å². The van der Waals surface area contributed by atoms with Gasteiger partial charge in [-0.05, 0) is 0 Å². The second-order valence-electron chi connectivity index (χ2n) is 10.8. The van der Waals surface area contributed by atoms with Crippen LogP contribution in [-0.4, -0.2) is 27.3 Å². The largest absolute Gasteiger partial charge is 0.147 e. The molecular formula is C20H45Cl2NOSi2Zr. The molecule has 0 saturated carbocycles. The summed E-state index contributed by atoms with van der Waals surface area (Å²) in [4.78, 5) is 0. The summed E-state index contributed by atoms with van der Waals surface area (Å²) >= 11 is -3.28. The van der Waals surface area contributed by atoms with Crippen LogP contribution < -0.4 is 3.26 Å². The number of hydrogen-bond donors (Lipinski definition) is 1. The summed E-state index contributed by atoms with van der Waals surface area (Å²) in [6, 6.07) is 0. The molecule has 162 valence electrons. The van der Waals surface area contributed by atoms with Gasteiger partial charge in [0.15, 0.2) is 0 Å². The van der Waals surface area contributed by atoms with E-state index in [1.807, 2.05) is 0 Å². The van der Waals surface area contributed by atoms with E-state index in [2.05, 4.69) is 82.9 Å². The Morgan fingerprint density at radius 1 is 1.07 bits per heavy atom. The van der Waals surface area contributed by atoms with Crippen LogP contribution in [0.3, 0.4) is 0 Å². The van der Waals surface area contributed by atoms with Gasteiger partial charge in [-0.1, -0.05) is 0 Å². The van der Waals surface area contributed by atoms with Crippen molar-refractivity contribution in [1.82, 2.24) is 3.26 Å². The van der Waals surface area contributed by atoms with Crippen LogP contribution in [0.4, 0.5) is 0 Å². The van der Waals surface area contributed by atoms with Gasteiger partial charge < -0.3 is 0 Å². The molecule has 0 aromatic rings. The molecule has 1 aliphatic rings. The van der Waals surface area contributed by atoms with Crippen LogP contribution in [-0.2, 0) is 22.1 Å². The molecule has 0 amide bonds. The van der Waals surface area contributed by atoms with Crippen molar-refractivity contribution in [3.63, 3.8) is 0 Å². The molecule has 7 heteroatoms. The maximum absolute atomic E-state index is 6.18. The number of rotatable bonds is 7. The van der Waals surface area contributed by atoms with Crippen molar-refractivity contribution in [2.24, 2.45) is 5.92 Å². The Bertz CT molecular complexity index is 660. The average Bonchev–Trinajstić information content (AvgIpc) is 2.56. The first-order chi connectivity index (χ1) is 11.0. The topological polar surface area (TPSA) is 21.3 Å². The fraction of sp³-hybridized carbons (Fsp3) is 0.800. The summed E-state index contributed by atoms with van der Waals surface area (Å²) in [5, 5.41) is 0. The molecule has 1 unspecified atom stereocenters. The van der Waals surface area contributed by atoms with Crippen LogP contribution in [0.25, 0.3) is 0 Å². The van der Waals surface area contributed by atoms with Crippen molar-refractivity contribution in [1.29, 1.82) is 0 Å². The third-order valence-electron chi connectivity index (χ3n) is 5.70. The van der Waals surface area contributed by atoms with Crippen LogP contribution in [0.2, 0.25) is 28.4 Å². The molecule has 0 bridgehead atoms. The van der Waals surface area contributed by atoms with Crippen molar-refractivity contribution in [2.75, 3.05) is 6.61 Å². The Morgan fingerprint density at radius 3 is 1.89 bits per heavy atom. The Kier molecular flexibility index (Phi) is 11.4. The summed E-state index contributed by atoms with van der Waals surface area (Å²) in [6.07, 6.45) is 1.18. The Balaban J connectivity index is 0. The molecule has 0 aliphatic heterocycles. The molecule has 27 heavy (non-hydrogen) atoms. The van der Waals surface area contributed by atoms with Crippen molar-refractivity contribution in [3.8, 4) is 0 Å². The van der Waals surface area contributed by atoms with Gasteiger partial charge in [0.25, 0.3) is 0 Å². The average molecular weight is 534 g/mol. The van der Waals surface area contributed by atoms with Crippen LogP contribution in [0.5, 0.6) is 0 Å². The fourth-order valence-corrected chi connectivity index (χ4v) is 29.7. The smallest absolute Gasteiger partial charge is 0.147 e. The first-order valence-corrected chi connectivity index (χ1v) is 25.8. The zero-order valence-corrected chi connectivity index (χ0v) is 26.1. The summed E-state index contributed by atoms with van der Waals surface area (Å²) in [5.74, 6) is 0.598. The third-order valence-corrected chi connectivity index (χ3v) is 25.8. The second-order valence-corrected chi connectivity index (χ2v) is 41.1. The van der Waals surface area contributed by atoms with Gasteiger partial charge in [-0.15, -0.1) is 24.8 Å². The number of nitrogens with one attached hydrogen (secondary N) is 1. The molecule has 1 atom stereocenters. The molecule has 0 spiro atoms. The van der Waals surface area contributed by atoms with Crippen molar-refractivity contribution >= 4 is 40.0 Å².